The van der Waals surface area contributed by atoms with Gasteiger partial charge in [0.15, 0.2) is 0 Å². The van der Waals surface area contributed by atoms with Gasteiger partial charge in [0.05, 0.1) is 0 Å². The number of rotatable bonds is 5. The van der Waals surface area contributed by atoms with Crippen molar-refractivity contribution in [1.29, 1.82) is 0 Å². The summed E-state index contributed by atoms with van der Waals surface area (Å²) in [5.41, 5.74) is 5.38. The first-order valence-electron chi connectivity index (χ1n) is 8.67. The van der Waals surface area contributed by atoms with Crippen molar-refractivity contribution in [3.05, 3.63) is 57.1 Å². The number of ether oxygens (including phenoxy) is 1. The number of hydrogen-bond donors (Lipinski definition) is 0. The molecule has 28 heavy (non-hydrogen) atoms. The first-order chi connectivity index (χ1) is 13.5. The van der Waals surface area contributed by atoms with Crippen LogP contribution in [0.25, 0.3) is 21.5 Å². The van der Waals surface area contributed by atoms with Crippen LogP contribution in [-0.2, 0) is 5.21 Å². The summed E-state index contributed by atoms with van der Waals surface area (Å²) >= 11 is 4.71. The summed E-state index contributed by atoms with van der Waals surface area (Å²) in [6.07, 6.45) is 1.75. The monoisotopic (exact) mass is 516 g/mol. The van der Waals surface area contributed by atoms with Crippen LogP contribution in [0.2, 0.25) is 0 Å². The summed E-state index contributed by atoms with van der Waals surface area (Å²) in [7, 11) is 1.67. The minimum atomic E-state index is -0.566. The van der Waals surface area contributed by atoms with Gasteiger partial charge in [-0.25, -0.2) is 0 Å². The van der Waals surface area contributed by atoms with Crippen LogP contribution < -0.4 is 9.35 Å². The molecule has 5 nitrogen and oxygen atoms in total. The van der Waals surface area contributed by atoms with Crippen LogP contribution in [-0.4, -0.2) is 43.0 Å². The fourth-order valence-electron chi connectivity index (χ4n) is 3.13. The SMILES string of the molecule is COc1ccc2sc(C[AsH]c3nncc(-c4c(C)cc(Br)cc4C)n3)nc2c1. The van der Waals surface area contributed by atoms with E-state index in [-0.39, 0.29) is 0 Å². The van der Waals surface area contributed by atoms with Crippen molar-refractivity contribution in [2.75, 3.05) is 7.11 Å². The third-order valence-electron chi connectivity index (χ3n) is 4.35. The van der Waals surface area contributed by atoms with Gasteiger partial charge < -0.3 is 0 Å². The van der Waals surface area contributed by atoms with Gasteiger partial charge in [0.2, 0.25) is 0 Å². The fraction of sp³-hybridized carbons (Fsp3) is 0.200. The van der Waals surface area contributed by atoms with E-state index < -0.39 is 15.8 Å². The van der Waals surface area contributed by atoms with E-state index in [1.54, 1.807) is 24.6 Å². The van der Waals surface area contributed by atoms with Crippen molar-refractivity contribution in [3.63, 3.8) is 0 Å². The molecule has 8 heteroatoms. The predicted molar refractivity (Wildman–Crippen MR) is 119 cm³/mol. The number of fused-ring (bicyclic) bond motifs is 1. The standard InChI is InChI=1S/C20H18AsBrN4OS/c1-11-6-13(22)7-12(2)19(11)16-10-23-26-20(25-16)21-9-18-24-15-8-14(27-3)4-5-17(15)28-18/h4-8,10,21H,9H2,1-3H3. The van der Waals surface area contributed by atoms with E-state index in [1.165, 1.54) is 15.8 Å². The average molecular weight is 517 g/mol. The number of benzene rings is 2. The number of hydrogen-bond acceptors (Lipinski definition) is 6. The Kier molecular flexibility index (Phi) is 5.76. The molecule has 0 aliphatic rings. The zero-order valence-corrected chi connectivity index (χ0v) is 20.2. The average Bonchev–Trinajstić information content (AvgIpc) is 3.08. The number of thiazole rings is 1. The second-order valence-electron chi connectivity index (χ2n) is 6.37. The third-order valence-corrected chi connectivity index (χ3v) is 8.56. The zero-order valence-electron chi connectivity index (χ0n) is 15.7. The van der Waals surface area contributed by atoms with E-state index >= 15 is 0 Å². The first kappa shape index (κ1) is 19.5. The summed E-state index contributed by atoms with van der Waals surface area (Å²) in [5, 5.41) is 10.5. The molecule has 2 aromatic heterocycles. The summed E-state index contributed by atoms with van der Waals surface area (Å²) in [6.45, 7) is 4.20. The zero-order chi connectivity index (χ0) is 19.7. The van der Waals surface area contributed by atoms with Gasteiger partial charge in [-0.15, -0.1) is 0 Å². The summed E-state index contributed by atoms with van der Waals surface area (Å²) in [5.74, 6) is 0.834. The Morgan fingerprint density at radius 3 is 2.64 bits per heavy atom. The second-order valence-corrected chi connectivity index (χ2v) is 10.8. The Hall–Kier alpha value is -1.82. The Labute approximate surface area is 182 Å². The van der Waals surface area contributed by atoms with Gasteiger partial charge in [-0.3, -0.25) is 0 Å². The molecule has 0 bridgehead atoms. The molecular formula is C20H18AsBrN4OS. The molecule has 142 valence electrons. The Morgan fingerprint density at radius 2 is 1.89 bits per heavy atom. The Morgan fingerprint density at radius 1 is 1.11 bits per heavy atom. The van der Waals surface area contributed by atoms with Gasteiger partial charge in [0.25, 0.3) is 0 Å². The Bertz CT molecular complexity index is 1140. The first-order valence-corrected chi connectivity index (χ1v) is 12.8. The predicted octanol–water partition coefficient (Wildman–Crippen LogP) is 3.80. The van der Waals surface area contributed by atoms with Crippen molar-refractivity contribution < 1.29 is 4.74 Å². The topological polar surface area (TPSA) is 60.8 Å². The number of aromatic nitrogens is 4. The molecule has 0 saturated carbocycles. The maximum atomic E-state index is 5.28. The van der Waals surface area contributed by atoms with Crippen LogP contribution in [0, 0.1) is 13.8 Å². The van der Waals surface area contributed by atoms with Gasteiger partial charge in [0, 0.05) is 0 Å². The van der Waals surface area contributed by atoms with E-state index in [2.05, 4.69) is 58.2 Å². The van der Waals surface area contributed by atoms with Crippen LogP contribution >= 0.6 is 27.3 Å². The molecule has 4 aromatic rings. The number of methoxy groups -OCH3 is 1. The molecular weight excluding hydrogens is 499 g/mol. The minimum absolute atomic E-state index is 0.566. The van der Waals surface area contributed by atoms with Crippen LogP contribution in [0.4, 0.5) is 0 Å². The van der Waals surface area contributed by atoms with Crippen LogP contribution in [0.5, 0.6) is 5.75 Å². The van der Waals surface area contributed by atoms with Crippen molar-refractivity contribution in [3.8, 4) is 17.0 Å². The van der Waals surface area contributed by atoms with Gasteiger partial charge in [-0.2, -0.15) is 0 Å². The van der Waals surface area contributed by atoms with Gasteiger partial charge in [-0.1, -0.05) is 0 Å². The van der Waals surface area contributed by atoms with Gasteiger partial charge in [-0.05, 0) is 0 Å². The van der Waals surface area contributed by atoms with E-state index in [1.807, 2.05) is 12.1 Å². The second kappa shape index (κ2) is 8.27. The number of halogens is 1. The van der Waals surface area contributed by atoms with Crippen LogP contribution in [0.15, 0.2) is 41.0 Å². The molecule has 0 radical (unpaired) electrons. The van der Waals surface area contributed by atoms with E-state index in [0.29, 0.717) is 0 Å². The van der Waals surface area contributed by atoms with Crippen molar-refractivity contribution in [1.82, 2.24) is 20.2 Å². The summed E-state index contributed by atoms with van der Waals surface area (Å²) in [4.78, 5) is 9.56. The number of nitrogens with zero attached hydrogens (tertiary/aromatic N) is 4. The fourth-order valence-corrected chi connectivity index (χ4v) is 6.96. The van der Waals surface area contributed by atoms with Gasteiger partial charge in [0.1, 0.15) is 0 Å². The molecule has 0 saturated heterocycles. The van der Waals surface area contributed by atoms with Crippen LogP contribution in [0.1, 0.15) is 16.1 Å². The molecule has 0 spiro atoms. The number of aryl methyl sites for hydroxylation is 2. The quantitative estimate of drug-likeness (QED) is 0.377. The Balaban J connectivity index is 1.56. The third kappa shape index (κ3) is 4.12. The van der Waals surface area contributed by atoms with Crippen molar-refractivity contribution >= 4 is 57.8 Å². The molecule has 1 unspecified atom stereocenters. The molecule has 0 N–H and O–H groups in total. The van der Waals surface area contributed by atoms with E-state index in [4.69, 9.17) is 14.7 Å². The molecule has 1 atom stereocenters. The summed E-state index contributed by atoms with van der Waals surface area (Å²) < 4.78 is 8.40. The van der Waals surface area contributed by atoms with E-state index in [0.717, 1.165) is 41.8 Å². The van der Waals surface area contributed by atoms with Gasteiger partial charge >= 0.3 is 183 Å². The maximum absolute atomic E-state index is 5.28. The molecule has 0 amide bonds. The summed E-state index contributed by atoms with van der Waals surface area (Å²) in [6, 6.07) is 10.2. The molecule has 0 aliphatic carbocycles. The molecule has 0 fully saturated rings. The van der Waals surface area contributed by atoms with Crippen LogP contribution in [0.3, 0.4) is 0 Å². The molecule has 0 aliphatic heterocycles. The molecule has 2 heterocycles. The van der Waals surface area contributed by atoms with Crippen molar-refractivity contribution in [2.45, 2.75) is 19.1 Å². The van der Waals surface area contributed by atoms with Crippen molar-refractivity contribution in [2.24, 2.45) is 0 Å². The van der Waals surface area contributed by atoms with E-state index in [9.17, 15) is 0 Å². The molecule has 2 aromatic carbocycles. The molecule has 4 rings (SSSR count). The normalized spacial score (nSPS) is 11.6.